The molecule has 1 heterocycles. The number of amides is 1. The van der Waals surface area contributed by atoms with Gasteiger partial charge in [-0.15, -0.1) is 0 Å². The summed E-state index contributed by atoms with van der Waals surface area (Å²) in [4.78, 5) is 12.6. The number of benzene rings is 3. The van der Waals surface area contributed by atoms with E-state index in [1.807, 2.05) is 30.3 Å². The van der Waals surface area contributed by atoms with Gasteiger partial charge < -0.3 is 9.30 Å². The summed E-state index contributed by atoms with van der Waals surface area (Å²) < 4.78 is 8.39. The second-order valence-electron chi connectivity index (χ2n) is 7.72. The summed E-state index contributed by atoms with van der Waals surface area (Å²) in [7, 11) is 0. The van der Waals surface area contributed by atoms with Crippen LogP contribution in [-0.4, -0.2) is 23.3 Å². The van der Waals surface area contributed by atoms with Crippen LogP contribution in [0, 0.1) is 6.92 Å². The molecule has 0 radical (unpaired) electrons. The van der Waals surface area contributed by atoms with Crippen molar-refractivity contribution in [3.8, 4) is 22.7 Å². The first kappa shape index (κ1) is 24.5. The molecule has 0 spiro atoms. The van der Waals surface area contributed by atoms with Crippen molar-refractivity contribution in [2.45, 2.75) is 6.92 Å². The highest BCUT2D eigenvalue weighted by Gasteiger charge is 2.11. The quantitative estimate of drug-likeness (QED) is 0.144. The van der Waals surface area contributed by atoms with E-state index < -0.39 is 0 Å². The summed E-state index contributed by atoms with van der Waals surface area (Å²) in [6.07, 6.45) is 3.16. The number of hydrazone groups is 1. The molecule has 7 heteroatoms. The Balaban J connectivity index is 1.46. The molecule has 0 aliphatic carbocycles. The van der Waals surface area contributed by atoms with Gasteiger partial charge in [-0.2, -0.15) is 5.10 Å². The standard InChI is InChI=1S/C28H23BrClN3O2/c1-3-15-35-27-24(29)16-20(17-25(27)30)18-31-32-28(34)22-10-12-23(13-11-22)33-19(2)9-14-26(33)21-7-5-4-6-8-21/h3-14,16-18H,1,15H2,2H3,(H,32,34)/b31-18+. The maximum Gasteiger partial charge on any atom is 0.271 e. The van der Waals surface area contributed by atoms with E-state index in [9.17, 15) is 4.79 Å². The zero-order valence-corrected chi connectivity index (χ0v) is 21.4. The molecule has 0 saturated heterocycles. The Labute approximate surface area is 217 Å². The van der Waals surface area contributed by atoms with Gasteiger partial charge in [0.2, 0.25) is 0 Å². The van der Waals surface area contributed by atoms with Crippen molar-refractivity contribution in [2.75, 3.05) is 6.61 Å². The van der Waals surface area contributed by atoms with Crippen LogP contribution in [0.1, 0.15) is 21.6 Å². The molecule has 1 N–H and O–H groups in total. The third kappa shape index (κ3) is 5.73. The zero-order valence-electron chi connectivity index (χ0n) is 19.0. The zero-order chi connectivity index (χ0) is 24.8. The SMILES string of the molecule is C=CCOc1c(Cl)cc(/C=N/NC(=O)c2ccc(-n3c(C)ccc3-c3ccccc3)cc2)cc1Br. The fourth-order valence-corrected chi connectivity index (χ4v) is 4.63. The van der Waals surface area contributed by atoms with Crippen LogP contribution in [0.2, 0.25) is 5.02 Å². The maximum absolute atomic E-state index is 12.6. The van der Waals surface area contributed by atoms with E-state index >= 15 is 0 Å². The highest BCUT2D eigenvalue weighted by atomic mass is 79.9. The summed E-state index contributed by atoms with van der Waals surface area (Å²) in [5, 5.41) is 4.50. The molecule has 4 aromatic rings. The largest absolute Gasteiger partial charge is 0.487 e. The second-order valence-corrected chi connectivity index (χ2v) is 8.98. The van der Waals surface area contributed by atoms with Crippen LogP contribution < -0.4 is 10.2 Å². The van der Waals surface area contributed by atoms with E-state index in [-0.39, 0.29) is 5.91 Å². The molecule has 5 nitrogen and oxygen atoms in total. The molecule has 4 rings (SSSR count). The number of aryl methyl sites for hydroxylation is 1. The molecule has 0 atom stereocenters. The molecule has 0 unspecified atom stereocenters. The molecule has 0 fully saturated rings. The molecular formula is C28H23BrClN3O2. The summed E-state index contributed by atoms with van der Waals surface area (Å²) in [6, 6.07) is 25.3. The van der Waals surface area contributed by atoms with Crippen LogP contribution >= 0.6 is 27.5 Å². The van der Waals surface area contributed by atoms with Gasteiger partial charge in [-0.1, -0.05) is 54.6 Å². The number of hydrogen-bond acceptors (Lipinski definition) is 3. The third-order valence-corrected chi connectivity index (χ3v) is 6.15. The Morgan fingerprint density at radius 2 is 1.86 bits per heavy atom. The van der Waals surface area contributed by atoms with Crippen LogP contribution in [0.3, 0.4) is 0 Å². The fraction of sp³-hybridized carbons (Fsp3) is 0.0714. The lowest BCUT2D eigenvalue weighted by atomic mass is 10.1. The van der Waals surface area contributed by atoms with E-state index in [0.717, 1.165) is 22.6 Å². The number of nitrogens with one attached hydrogen (secondary N) is 1. The first-order chi connectivity index (χ1) is 17.0. The number of aromatic nitrogens is 1. The van der Waals surface area contributed by atoms with Crippen molar-refractivity contribution < 1.29 is 9.53 Å². The fourth-order valence-electron chi connectivity index (χ4n) is 3.64. The van der Waals surface area contributed by atoms with Gasteiger partial charge in [-0.25, -0.2) is 5.43 Å². The minimum absolute atomic E-state index is 0.309. The Bertz CT molecular complexity index is 1360. The monoisotopic (exact) mass is 547 g/mol. The smallest absolute Gasteiger partial charge is 0.271 e. The third-order valence-electron chi connectivity index (χ3n) is 5.28. The lowest BCUT2D eigenvalue weighted by Gasteiger charge is -2.12. The average molecular weight is 549 g/mol. The highest BCUT2D eigenvalue weighted by molar-refractivity contribution is 9.10. The minimum Gasteiger partial charge on any atom is -0.487 e. The van der Waals surface area contributed by atoms with Crippen LogP contribution in [-0.2, 0) is 0 Å². The van der Waals surface area contributed by atoms with Crippen molar-refractivity contribution >= 4 is 39.7 Å². The molecule has 0 aliphatic rings. The average Bonchev–Trinajstić information content (AvgIpc) is 3.25. The molecule has 35 heavy (non-hydrogen) atoms. The number of carbonyl (C=O) groups excluding carboxylic acids is 1. The summed E-state index contributed by atoms with van der Waals surface area (Å²) in [6.45, 7) is 6.03. The molecule has 1 aromatic heterocycles. The van der Waals surface area contributed by atoms with E-state index in [1.54, 1.807) is 30.3 Å². The van der Waals surface area contributed by atoms with Crippen molar-refractivity contribution in [3.05, 3.63) is 118 Å². The number of rotatable bonds is 8. The predicted octanol–water partition coefficient (Wildman–Crippen LogP) is 7.20. The molecule has 3 aromatic carbocycles. The number of hydrogen-bond donors (Lipinski definition) is 1. The first-order valence-corrected chi connectivity index (χ1v) is 12.1. The van der Waals surface area contributed by atoms with Gasteiger partial charge in [-0.05, 0) is 82.5 Å². The maximum atomic E-state index is 12.6. The number of nitrogens with zero attached hydrogens (tertiary/aromatic N) is 2. The van der Waals surface area contributed by atoms with Crippen molar-refractivity contribution in [3.63, 3.8) is 0 Å². The van der Waals surface area contributed by atoms with Crippen LogP contribution in [0.4, 0.5) is 0 Å². The summed E-state index contributed by atoms with van der Waals surface area (Å²) >= 11 is 9.72. The van der Waals surface area contributed by atoms with Crippen LogP contribution in [0.25, 0.3) is 16.9 Å². The minimum atomic E-state index is -0.309. The van der Waals surface area contributed by atoms with Gasteiger partial charge in [0.25, 0.3) is 5.91 Å². The Morgan fingerprint density at radius 3 is 2.54 bits per heavy atom. The van der Waals surface area contributed by atoms with Crippen LogP contribution in [0.15, 0.2) is 101 Å². The van der Waals surface area contributed by atoms with E-state index in [2.05, 4.69) is 68.8 Å². The van der Waals surface area contributed by atoms with Crippen molar-refractivity contribution in [1.82, 2.24) is 9.99 Å². The number of carbonyl (C=O) groups is 1. The topological polar surface area (TPSA) is 55.6 Å². The van der Waals surface area contributed by atoms with Gasteiger partial charge in [-0.3, -0.25) is 4.79 Å². The second kappa shape index (κ2) is 11.2. The predicted molar refractivity (Wildman–Crippen MR) is 146 cm³/mol. The van der Waals surface area contributed by atoms with Gasteiger partial charge in [0.15, 0.2) is 5.75 Å². The molecule has 176 valence electrons. The van der Waals surface area contributed by atoms with Gasteiger partial charge in [0, 0.05) is 16.9 Å². The Kier molecular flexibility index (Phi) is 7.85. The first-order valence-electron chi connectivity index (χ1n) is 10.9. The number of ether oxygens (including phenoxy) is 1. The lowest BCUT2D eigenvalue weighted by molar-refractivity contribution is 0.0955. The molecule has 0 saturated carbocycles. The molecular weight excluding hydrogens is 526 g/mol. The summed E-state index contributed by atoms with van der Waals surface area (Å²) in [5.74, 6) is 0.220. The highest BCUT2D eigenvalue weighted by Crippen LogP contribution is 2.34. The van der Waals surface area contributed by atoms with E-state index in [1.165, 1.54) is 6.21 Å². The van der Waals surface area contributed by atoms with Gasteiger partial charge >= 0.3 is 0 Å². The normalized spacial score (nSPS) is 10.9. The van der Waals surface area contributed by atoms with E-state index in [0.29, 0.717) is 33.0 Å². The molecule has 0 bridgehead atoms. The van der Waals surface area contributed by atoms with E-state index in [4.69, 9.17) is 16.3 Å². The van der Waals surface area contributed by atoms with Gasteiger partial charge in [0.05, 0.1) is 21.4 Å². The molecule has 1 amide bonds. The lowest BCUT2D eigenvalue weighted by Crippen LogP contribution is -2.17. The molecule has 0 aliphatic heterocycles. The Morgan fingerprint density at radius 1 is 1.11 bits per heavy atom. The number of halogens is 2. The van der Waals surface area contributed by atoms with Crippen molar-refractivity contribution in [2.24, 2.45) is 5.10 Å². The van der Waals surface area contributed by atoms with Crippen LogP contribution in [0.5, 0.6) is 5.75 Å². The van der Waals surface area contributed by atoms with Crippen molar-refractivity contribution in [1.29, 1.82) is 0 Å². The van der Waals surface area contributed by atoms with Gasteiger partial charge in [0.1, 0.15) is 6.61 Å². The Hall–Kier alpha value is -3.61. The summed E-state index contributed by atoms with van der Waals surface area (Å²) in [5.41, 5.74) is 8.08.